The van der Waals surface area contributed by atoms with Crippen LogP contribution in [0.2, 0.25) is 0 Å². The molecule has 0 saturated carbocycles. The second kappa shape index (κ2) is 7.26. The van der Waals surface area contributed by atoms with E-state index in [4.69, 9.17) is 9.47 Å². The number of halogens is 1. The normalized spacial score (nSPS) is 18.9. The number of hydrogen-bond donors (Lipinski definition) is 0. The van der Waals surface area contributed by atoms with Crippen molar-refractivity contribution in [1.82, 2.24) is 4.90 Å². The van der Waals surface area contributed by atoms with Gasteiger partial charge in [-0.25, -0.2) is 4.39 Å². The van der Waals surface area contributed by atoms with Gasteiger partial charge in [-0.05, 0) is 30.3 Å². The number of anilines is 1. The average molecular weight is 370 g/mol. The molecule has 0 bridgehead atoms. The highest BCUT2D eigenvalue weighted by Crippen LogP contribution is 2.31. The van der Waals surface area contributed by atoms with Crippen LogP contribution in [0.15, 0.2) is 42.5 Å². The minimum absolute atomic E-state index is 0.112. The lowest BCUT2D eigenvalue weighted by Gasteiger charge is -2.38. The fraction of sp³-hybridized carbons (Fsp3) is 0.300. The SMILES string of the molecule is O=Cc1cc(F)ccc1N1CCN(C(=O)C2COc3ccccc3O2)CC1. The number of carbonyl (C=O) groups excluding carboxylic acids is 2. The first-order valence-electron chi connectivity index (χ1n) is 8.82. The summed E-state index contributed by atoms with van der Waals surface area (Å²) in [6.45, 7) is 2.29. The Morgan fingerprint density at radius 1 is 1.07 bits per heavy atom. The molecule has 1 unspecified atom stereocenters. The van der Waals surface area contributed by atoms with E-state index in [1.807, 2.05) is 23.1 Å². The number of fused-ring (bicyclic) bond motifs is 1. The van der Waals surface area contributed by atoms with Gasteiger partial charge in [0.1, 0.15) is 12.4 Å². The van der Waals surface area contributed by atoms with Crippen LogP contribution in [0.25, 0.3) is 0 Å². The summed E-state index contributed by atoms with van der Waals surface area (Å²) in [4.78, 5) is 27.7. The summed E-state index contributed by atoms with van der Waals surface area (Å²) >= 11 is 0. The van der Waals surface area contributed by atoms with Crippen molar-refractivity contribution < 1.29 is 23.5 Å². The van der Waals surface area contributed by atoms with Crippen molar-refractivity contribution in [2.24, 2.45) is 0 Å². The number of para-hydroxylation sites is 2. The highest BCUT2D eigenvalue weighted by Gasteiger charge is 2.33. The van der Waals surface area contributed by atoms with Crippen molar-refractivity contribution in [2.45, 2.75) is 6.10 Å². The molecule has 0 radical (unpaired) electrons. The van der Waals surface area contributed by atoms with Crippen LogP contribution in [0.4, 0.5) is 10.1 Å². The molecule has 1 amide bonds. The maximum atomic E-state index is 13.3. The van der Waals surface area contributed by atoms with Crippen molar-refractivity contribution in [3.63, 3.8) is 0 Å². The van der Waals surface area contributed by atoms with Crippen LogP contribution < -0.4 is 14.4 Å². The molecular formula is C20H19FN2O4. The zero-order chi connectivity index (χ0) is 18.8. The first kappa shape index (κ1) is 17.3. The summed E-state index contributed by atoms with van der Waals surface area (Å²) in [6.07, 6.45) is -0.0107. The van der Waals surface area contributed by atoms with Gasteiger partial charge in [-0.2, -0.15) is 0 Å². The van der Waals surface area contributed by atoms with E-state index in [-0.39, 0.29) is 12.5 Å². The van der Waals surface area contributed by atoms with Crippen LogP contribution in [0.1, 0.15) is 10.4 Å². The van der Waals surface area contributed by atoms with Gasteiger partial charge in [0.2, 0.25) is 6.10 Å². The van der Waals surface area contributed by atoms with Crippen molar-refractivity contribution >= 4 is 17.9 Å². The lowest BCUT2D eigenvalue weighted by molar-refractivity contribution is -0.141. The summed E-state index contributed by atoms with van der Waals surface area (Å²) in [5, 5.41) is 0. The van der Waals surface area contributed by atoms with Crippen LogP contribution in [-0.4, -0.2) is 56.0 Å². The standard InChI is InChI=1S/C20H19FN2O4/c21-15-5-6-16(14(11-15)12-24)22-7-9-23(10-8-22)20(25)19-13-26-17-3-1-2-4-18(17)27-19/h1-6,11-12,19H,7-10,13H2. The molecule has 1 saturated heterocycles. The Balaban J connectivity index is 1.40. The Labute approximate surface area is 156 Å². The number of aldehydes is 1. The van der Waals surface area contributed by atoms with E-state index < -0.39 is 11.9 Å². The first-order valence-corrected chi connectivity index (χ1v) is 8.82. The third-order valence-corrected chi connectivity index (χ3v) is 4.83. The molecule has 2 aromatic rings. The van der Waals surface area contributed by atoms with Crippen LogP contribution in [0, 0.1) is 5.82 Å². The quantitative estimate of drug-likeness (QED) is 0.775. The lowest BCUT2D eigenvalue weighted by Crippen LogP contribution is -2.54. The average Bonchev–Trinajstić information content (AvgIpc) is 2.73. The van der Waals surface area contributed by atoms with E-state index in [0.29, 0.717) is 55.2 Å². The molecule has 2 aromatic carbocycles. The molecule has 6 nitrogen and oxygen atoms in total. The van der Waals surface area contributed by atoms with Crippen molar-refractivity contribution in [2.75, 3.05) is 37.7 Å². The third-order valence-electron chi connectivity index (χ3n) is 4.83. The largest absolute Gasteiger partial charge is 0.485 e. The highest BCUT2D eigenvalue weighted by atomic mass is 19.1. The molecule has 4 rings (SSSR count). The van der Waals surface area contributed by atoms with Gasteiger partial charge in [-0.3, -0.25) is 9.59 Å². The van der Waals surface area contributed by atoms with Crippen molar-refractivity contribution in [3.8, 4) is 11.5 Å². The zero-order valence-corrected chi connectivity index (χ0v) is 14.6. The van der Waals surface area contributed by atoms with Gasteiger partial charge in [0, 0.05) is 37.4 Å². The molecule has 0 N–H and O–H groups in total. The van der Waals surface area contributed by atoms with E-state index in [9.17, 15) is 14.0 Å². The number of piperazine rings is 1. The third kappa shape index (κ3) is 3.45. The molecule has 2 heterocycles. The molecule has 7 heteroatoms. The molecular weight excluding hydrogens is 351 g/mol. The predicted octanol–water partition coefficient (Wildman–Crippen LogP) is 2.13. The summed E-state index contributed by atoms with van der Waals surface area (Å²) in [6, 6.07) is 11.4. The summed E-state index contributed by atoms with van der Waals surface area (Å²) in [5.74, 6) is 0.662. The number of benzene rings is 2. The van der Waals surface area contributed by atoms with E-state index in [1.54, 1.807) is 17.0 Å². The van der Waals surface area contributed by atoms with Crippen molar-refractivity contribution in [1.29, 1.82) is 0 Å². The molecule has 27 heavy (non-hydrogen) atoms. The number of hydrogen-bond acceptors (Lipinski definition) is 5. The van der Waals surface area contributed by atoms with Gasteiger partial charge in [0.05, 0.1) is 0 Å². The van der Waals surface area contributed by atoms with Gasteiger partial charge < -0.3 is 19.3 Å². The monoisotopic (exact) mass is 370 g/mol. The Morgan fingerprint density at radius 3 is 2.56 bits per heavy atom. The molecule has 140 valence electrons. The molecule has 2 aliphatic heterocycles. The van der Waals surface area contributed by atoms with Gasteiger partial charge in [0.15, 0.2) is 17.8 Å². The number of nitrogens with zero attached hydrogens (tertiary/aromatic N) is 2. The number of amides is 1. The number of rotatable bonds is 3. The smallest absolute Gasteiger partial charge is 0.267 e. The lowest BCUT2D eigenvalue weighted by atomic mass is 10.1. The van der Waals surface area contributed by atoms with Gasteiger partial charge in [0.25, 0.3) is 5.91 Å². The molecule has 0 spiro atoms. The summed E-state index contributed by atoms with van der Waals surface area (Å²) in [7, 11) is 0. The maximum absolute atomic E-state index is 13.3. The molecule has 1 atom stereocenters. The number of ether oxygens (including phenoxy) is 2. The van der Waals surface area contributed by atoms with Crippen LogP contribution in [0.3, 0.4) is 0 Å². The first-order chi connectivity index (χ1) is 13.2. The van der Waals surface area contributed by atoms with Crippen LogP contribution >= 0.6 is 0 Å². The second-order valence-electron chi connectivity index (χ2n) is 6.50. The highest BCUT2D eigenvalue weighted by molar-refractivity contribution is 5.85. The van der Waals surface area contributed by atoms with E-state index in [1.165, 1.54) is 12.1 Å². The van der Waals surface area contributed by atoms with Crippen molar-refractivity contribution in [3.05, 3.63) is 53.8 Å². The topological polar surface area (TPSA) is 59.1 Å². The predicted molar refractivity (Wildman–Crippen MR) is 96.9 cm³/mol. The van der Waals surface area contributed by atoms with Gasteiger partial charge >= 0.3 is 0 Å². The van der Waals surface area contributed by atoms with Crippen LogP contribution in [-0.2, 0) is 4.79 Å². The molecule has 2 aliphatic rings. The van der Waals surface area contributed by atoms with E-state index >= 15 is 0 Å². The minimum atomic E-state index is -0.664. The summed E-state index contributed by atoms with van der Waals surface area (Å²) < 4.78 is 24.7. The Bertz CT molecular complexity index is 865. The van der Waals surface area contributed by atoms with E-state index in [0.717, 1.165) is 0 Å². The Morgan fingerprint density at radius 2 is 1.81 bits per heavy atom. The number of carbonyl (C=O) groups is 2. The fourth-order valence-electron chi connectivity index (χ4n) is 3.42. The zero-order valence-electron chi connectivity index (χ0n) is 14.6. The summed E-state index contributed by atoms with van der Waals surface area (Å²) in [5.41, 5.74) is 1.00. The van der Waals surface area contributed by atoms with E-state index in [2.05, 4.69) is 0 Å². The van der Waals surface area contributed by atoms with Gasteiger partial charge in [-0.1, -0.05) is 12.1 Å². The Hall–Kier alpha value is -3.09. The Kier molecular flexibility index (Phi) is 4.66. The second-order valence-corrected chi connectivity index (χ2v) is 6.50. The fourth-order valence-corrected chi connectivity index (χ4v) is 3.42. The van der Waals surface area contributed by atoms with Gasteiger partial charge in [-0.15, -0.1) is 0 Å². The molecule has 0 aliphatic carbocycles. The minimum Gasteiger partial charge on any atom is -0.485 e. The van der Waals surface area contributed by atoms with Crippen LogP contribution in [0.5, 0.6) is 11.5 Å². The molecule has 0 aromatic heterocycles. The molecule has 1 fully saturated rings. The maximum Gasteiger partial charge on any atom is 0.267 e.